The van der Waals surface area contributed by atoms with Gasteiger partial charge in [-0.2, -0.15) is 0 Å². The Kier molecular flexibility index (Phi) is 5.18. The lowest BCUT2D eigenvalue weighted by Crippen LogP contribution is -2.27. The number of carbonyl (C=O) groups is 2. The van der Waals surface area contributed by atoms with Crippen LogP contribution in [0.2, 0.25) is 0 Å². The van der Waals surface area contributed by atoms with E-state index >= 15 is 0 Å². The van der Waals surface area contributed by atoms with Crippen LogP contribution >= 0.6 is 0 Å². The van der Waals surface area contributed by atoms with Crippen molar-refractivity contribution >= 4 is 38.9 Å². The molecule has 8 heteroatoms. The number of anilines is 3. The number of hydrogen-bond donors (Lipinski definition) is 2. The summed E-state index contributed by atoms with van der Waals surface area (Å²) in [6.45, 7) is 2.47. The molecule has 2 aromatic rings. The molecular weight excluding hydrogens is 366 g/mol. The van der Waals surface area contributed by atoms with E-state index in [1.807, 2.05) is 19.1 Å². The molecule has 1 aliphatic rings. The van der Waals surface area contributed by atoms with E-state index in [2.05, 4.69) is 10.0 Å². The molecule has 2 N–H and O–H groups in total. The maximum atomic E-state index is 12.5. The number of sulfonamides is 1. The van der Waals surface area contributed by atoms with Crippen LogP contribution in [0.15, 0.2) is 42.5 Å². The smallest absolute Gasteiger partial charge is 0.255 e. The monoisotopic (exact) mass is 387 g/mol. The van der Waals surface area contributed by atoms with Crippen LogP contribution in [-0.4, -0.2) is 33.0 Å². The topological polar surface area (TPSA) is 95.6 Å². The van der Waals surface area contributed by atoms with Crippen LogP contribution < -0.4 is 14.9 Å². The molecule has 2 aromatic carbocycles. The Bertz CT molecular complexity index is 985. The minimum atomic E-state index is -3.34. The summed E-state index contributed by atoms with van der Waals surface area (Å²) < 4.78 is 24.8. The van der Waals surface area contributed by atoms with Gasteiger partial charge in [0.2, 0.25) is 15.9 Å². The van der Waals surface area contributed by atoms with Crippen molar-refractivity contribution in [3.63, 3.8) is 0 Å². The first-order chi connectivity index (χ1) is 12.8. The second-order valence-corrected chi connectivity index (χ2v) is 8.15. The van der Waals surface area contributed by atoms with Gasteiger partial charge in [-0.1, -0.05) is 6.92 Å². The fraction of sp³-hybridized carbons (Fsp3) is 0.263. The molecule has 2 amide bonds. The summed E-state index contributed by atoms with van der Waals surface area (Å²) in [4.78, 5) is 26.2. The minimum absolute atomic E-state index is 0.0775. The van der Waals surface area contributed by atoms with E-state index in [1.54, 1.807) is 35.2 Å². The lowest BCUT2D eigenvalue weighted by atomic mass is 10.1. The zero-order chi connectivity index (χ0) is 19.6. The molecule has 0 radical (unpaired) electrons. The van der Waals surface area contributed by atoms with Gasteiger partial charge >= 0.3 is 0 Å². The summed E-state index contributed by atoms with van der Waals surface area (Å²) in [5, 5.41) is 2.79. The van der Waals surface area contributed by atoms with Gasteiger partial charge in [-0.15, -0.1) is 0 Å². The largest absolute Gasteiger partial charge is 0.322 e. The SMILES string of the molecule is CCC(=O)N1CCc2cc(C(=O)Nc3ccc(NS(C)(=O)=O)cc3)ccc21. The van der Waals surface area contributed by atoms with Crippen molar-refractivity contribution in [1.82, 2.24) is 0 Å². The molecule has 3 rings (SSSR count). The molecule has 0 aliphatic carbocycles. The Morgan fingerprint density at radius 3 is 2.37 bits per heavy atom. The summed E-state index contributed by atoms with van der Waals surface area (Å²) in [5.74, 6) is -0.185. The third-order valence-corrected chi connectivity index (χ3v) is 4.89. The highest BCUT2D eigenvalue weighted by molar-refractivity contribution is 7.92. The standard InChI is InChI=1S/C19H21N3O4S/c1-3-18(23)22-11-10-13-12-14(4-9-17(13)22)19(24)20-15-5-7-16(8-6-15)21-27(2,25)26/h4-9,12,21H,3,10-11H2,1-2H3,(H,20,24). The Morgan fingerprint density at radius 1 is 1.07 bits per heavy atom. The molecule has 0 saturated heterocycles. The second kappa shape index (κ2) is 7.40. The first-order valence-electron chi connectivity index (χ1n) is 8.59. The minimum Gasteiger partial charge on any atom is -0.322 e. The number of carbonyl (C=O) groups excluding carboxylic acids is 2. The van der Waals surface area contributed by atoms with E-state index in [9.17, 15) is 18.0 Å². The fourth-order valence-electron chi connectivity index (χ4n) is 3.03. The maximum absolute atomic E-state index is 12.5. The third-order valence-electron chi connectivity index (χ3n) is 4.29. The van der Waals surface area contributed by atoms with Crippen LogP contribution in [0, 0.1) is 0 Å². The molecule has 27 heavy (non-hydrogen) atoms. The lowest BCUT2D eigenvalue weighted by molar-refractivity contribution is -0.118. The fourth-order valence-corrected chi connectivity index (χ4v) is 3.60. The van der Waals surface area contributed by atoms with E-state index in [0.29, 0.717) is 29.9 Å². The molecule has 142 valence electrons. The Balaban J connectivity index is 1.71. The molecule has 0 fully saturated rings. The average Bonchev–Trinajstić information content (AvgIpc) is 3.04. The second-order valence-electron chi connectivity index (χ2n) is 6.40. The molecule has 7 nitrogen and oxygen atoms in total. The van der Waals surface area contributed by atoms with E-state index in [-0.39, 0.29) is 11.8 Å². The Morgan fingerprint density at radius 2 is 1.74 bits per heavy atom. The van der Waals surface area contributed by atoms with Crippen molar-refractivity contribution in [3.05, 3.63) is 53.6 Å². The van der Waals surface area contributed by atoms with Gasteiger partial charge in [-0.3, -0.25) is 14.3 Å². The first kappa shape index (κ1) is 18.9. The molecule has 0 spiro atoms. The van der Waals surface area contributed by atoms with Crippen molar-refractivity contribution in [3.8, 4) is 0 Å². The molecule has 1 aliphatic heterocycles. The number of nitrogens with one attached hydrogen (secondary N) is 2. The van der Waals surface area contributed by atoms with Crippen LogP contribution in [0.25, 0.3) is 0 Å². The molecule has 0 saturated carbocycles. The Labute approximate surface area is 158 Å². The number of benzene rings is 2. The van der Waals surface area contributed by atoms with Gasteiger partial charge in [0, 0.05) is 35.6 Å². The molecule has 0 bridgehead atoms. The summed E-state index contributed by atoms with van der Waals surface area (Å²) in [6.07, 6.45) is 2.26. The van der Waals surface area contributed by atoms with Crippen LogP contribution in [0.1, 0.15) is 29.3 Å². The number of amides is 2. The van der Waals surface area contributed by atoms with Gasteiger partial charge < -0.3 is 10.2 Å². The number of fused-ring (bicyclic) bond motifs is 1. The van der Waals surface area contributed by atoms with E-state index < -0.39 is 10.0 Å². The zero-order valence-electron chi connectivity index (χ0n) is 15.2. The molecular formula is C19H21N3O4S. The summed E-state index contributed by atoms with van der Waals surface area (Å²) in [5.41, 5.74) is 3.35. The van der Waals surface area contributed by atoms with Crippen molar-refractivity contribution < 1.29 is 18.0 Å². The summed E-state index contributed by atoms with van der Waals surface area (Å²) >= 11 is 0. The quantitative estimate of drug-likeness (QED) is 0.824. The number of nitrogens with zero attached hydrogens (tertiary/aromatic N) is 1. The highest BCUT2D eigenvalue weighted by Crippen LogP contribution is 2.29. The third kappa shape index (κ3) is 4.46. The molecule has 1 heterocycles. The van der Waals surface area contributed by atoms with Gasteiger partial charge in [0.05, 0.1) is 6.26 Å². The number of hydrogen-bond acceptors (Lipinski definition) is 4. The van der Waals surface area contributed by atoms with E-state index in [0.717, 1.165) is 23.9 Å². The number of rotatable bonds is 5. The maximum Gasteiger partial charge on any atom is 0.255 e. The van der Waals surface area contributed by atoms with Crippen LogP contribution in [0.5, 0.6) is 0 Å². The van der Waals surface area contributed by atoms with Gasteiger partial charge in [-0.25, -0.2) is 8.42 Å². The summed E-state index contributed by atoms with van der Waals surface area (Å²) in [7, 11) is -3.34. The van der Waals surface area contributed by atoms with Crippen LogP contribution in [0.3, 0.4) is 0 Å². The van der Waals surface area contributed by atoms with Crippen LogP contribution in [-0.2, 0) is 21.2 Å². The molecule has 0 unspecified atom stereocenters. The van der Waals surface area contributed by atoms with Crippen molar-refractivity contribution in [2.75, 3.05) is 27.7 Å². The highest BCUT2D eigenvalue weighted by Gasteiger charge is 2.24. The van der Waals surface area contributed by atoms with E-state index in [1.165, 1.54) is 0 Å². The zero-order valence-corrected chi connectivity index (χ0v) is 16.0. The normalized spacial score (nSPS) is 13.2. The van der Waals surface area contributed by atoms with E-state index in [4.69, 9.17) is 0 Å². The van der Waals surface area contributed by atoms with Crippen molar-refractivity contribution in [2.45, 2.75) is 19.8 Å². The van der Waals surface area contributed by atoms with Crippen LogP contribution in [0.4, 0.5) is 17.1 Å². The Hall–Kier alpha value is -2.87. The summed E-state index contributed by atoms with van der Waals surface area (Å²) in [6, 6.07) is 11.7. The lowest BCUT2D eigenvalue weighted by Gasteiger charge is -2.16. The highest BCUT2D eigenvalue weighted by atomic mass is 32.2. The van der Waals surface area contributed by atoms with Gasteiger partial charge in [0.15, 0.2) is 0 Å². The molecule has 0 aromatic heterocycles. The van der Waals surface area contributed by atoms with Gasteiger partial charge in [0.1, 0.15) is 0 Å². The average molecular weight is 387 g/mol. The van der Waals surface area contributed by atoms with Crippen molar-refractivity contribution in [1.29, 1.82) is 0 Å². The van der Waals surface area contributed by atoms with Gasteiger partial charge in [0.25, 0.3) is 5.91 Å². The van der Waals surface area contributed by atoms with Gasteiger partial charge in [-0.05, 0) is 54.4 Å². The first-order valence-corrected chi connectivity index (χ1v) is 10.5. The van der Waals surface area contributed by atoms with Crippen molar-refractivity contribution in [2.24, 2.45) is 0 Å². The molecule has 0 atom stereocenters. The predicted molar refractivity (Wildman–Crippen MR) is 106 cm³/mol. The predicted octanol–water partition coefficient (Wildman–Crippen LogP) is 2.61.